The van der Waals surface area contributed by atoms with Crippen LogP contribution in [0.2, 0.25) is 0 Å². The molecule has 0 aliphatic heterocycles. The van der Waals surface area contributed by atoms with Gasteiger partial charge in [-0.3, -0.25) is 14.9 Å². The monoisotopic (exact) mass is 444 g/mol. The predicted octanol–water partition coefficient (Wildman–Crippen LogP) is 3.69. The molecule has 8 nitrogen and oxygen atoms in total. The van der Waals surface area contributed by atoms with Gasteiger partial charge in [0.2, 0.25) is 0 Å². The molecule has 3 rings (SSSR count). The summed E-state index contributed by atoms with van der Waals surface area (Å²) in [5, 5.41) is 15.8. The Morgan fingerprint density at radius 2 is 2.11 bits per heavy atom. The number of aryl methyl sites for hydroxylation is 1. The minimum atomic E-state index is -0.509. The molecular formula is C19H17BrN4O4. The van der Waals surface area contributed by atoms with E-state index in [0.29, 0.717) is 10.2 Å². The third-order valence-electron chi connectivity index (χ3n) is 4.32. The van der Waals surface area contributed by atoms with E-state index in [9.17, 15) is 14.9 Å². The maximum atomic E-state index is 12.0. The normalized spacial score (nSPS) is 11.1. The van der Waals surface area contributed by atoms with Gasteiger partial charge in [-0.15, -0.1) is 0 Å². The first-order valence-corrected chi connectivity index (χ1v) is 9.10. The Balaban J connectivity index is 1.62. The third kappa shape index (κ3) is 4.04. The molecule has 0 atom stereocenters. The molecule has 0 spiro atoms. The number of carbonyl (C=O) groups excluding carboxylic acids is 1. The Labute approximate surface area is 169 Å². The van der Waals surface area contributed by atoms with Gasteiger partial charge in [-0.25, -0.2) is 5.43 Å². The first-order chi connectivity index (χ1) is 13.4. The molecule has 28 heavy (non-hydrogen) atoms. The fourth-order valence-electron chi connectivity index (χ4n) is 2.78. The zero-order chi connectivity index (χ0) is 20.3. The number of non-ortho nitro benzene ring substituents is 1. The quantitative estimate of drug-likeness (QED) is 0.356. The van der Waals surface area contributed by atoms with Gasteiger partial charge in [-0.2, -0.15) is 5.10 Å². The molecule has 1 aromatic heterocycles. The van der Waals surface area contributed by atoms with Crippen LogP contribution in [-0.4, -0.2) is 28.2 Å². The molecule has 0 saturated carbocycles. The van der Waals surface area contributed by atoms with Crippen molar-refractivity contribution in [1.29, 1.82) is 0 Å². The van der Waals surface area contributed by atoms with Gasteiger partial charge in [0.1, 0.15) is 5.75 Å². The summed E-state index contributed by atoms with van der Waals surface area (Å²) in [5.74, 6) is -0.117. The minimum Gasteiger partial charge on any atom is -0.483 e. The van der Waals surface area contributed by atoms with E-state index in [1.807, 2.05) is 38.2 Å². The highest BCUT2D eigenvalue weighted by Crippen LogP contribution is 2.29. The summed E-state index contributed by atoms with van der Waals surface area (Å²) in [4.78, 5) is 22.2. The number of hydrogen-bond acceptors (Lipinski definition) is 5. The van der Waals surface area contributed by atoms with Gasteiger partial charge in [0.15, 0.2) is 6.61 Å². The lowest BCUT2D eigenvalue weighted by Gasteiger charge is -2.06. The molecule has 0 aliphatic carbocycles. The maximum Gasteiger partial charge on any atom is 0.277 e. The van der Waals surface area contributed by atoms with Gasteiger partial charge in [0.25, 0.3) is 11.6 Å². The van der Waals surface area contributed by atoms with E-state index in [0.717, 1.165) is 22.2 Å². The number of nitro benzene ring substituents is 1. The highest BCUT2D eigenvalue weighted by atomic mass is 79.9. The maximum absolute atomic E-state index is 12.0. The summed E-state index contributed by atoms with van der Waals surface area (Å²) in [6.45, 7) is 1.71. The van der Waals surface area contributed by atoms with Crippen molar-refractivity contribution in [3.05, 3.63) is 68.3 Å². The van der Waals surface area contributed by atoms with Crippen LogP contribution in [-0.2, 0) is 11.8 Å². The van der Waals surface area contributed by atoms with Crippen molar-refractivity contribution in [2.45, 2.75) is 6.92 Å². The Bertz CT molecular complexity index is 1090. The predicted molar refractivity (Wildman–Crippen MR) is 110 cm³/mol. The Morgan fingerprint density at radius 1 is 1.36 bits per heavy atom. The Kier molecular flexibility index (Phi) is 5.74. The van der Waals surface area contributed by atoms with Crippen LogP contribution in [0, 0.1) is 17.0 Å². The van der Waals surface area contributed by atoms with Gasteiger partial charge in [0, 0.05) is 41.3 Å². The number of nitro groups is 1. The SMILES string of the molecule is Cc1c(/C=N\NC(=O)COc2ccc([N+](=O)[O-])cc2Br)c2ccccc2n1C. The number of aromatic nitrogens is 1. The molecule has 0 fully saturated rings. The number of fused-ring (bicyclic) bond motifs is 1. The van der Waals surface area contributed by atoms with Gasteiger partial charge < -0.3 is 9.30 Å². The number of carbonyl (C=O) groups is 1. The lowest BCUT2D eigenvalue weighted by atomic mass is 10.1. The molecule has 0 unspecified atom stereocenters. The number of amides is 1. The summed E-state index contributed by atoms with van der Waals surface area (Å²) in [6.07, 6.45) is 1.61. The molecule has 0 aliphatic rings. The fraction of sp³-hybridized carbons (Fsp3) is 0.158. The topological polar surface area (TPSA) is 98.8 Å². The highest BCUT2D eigenvalue weighted by Gasteiger charge is 2.12. The zero-order valence-corrected chi connectivity index (χ0v) is 16.8. The molecule has 1 amide bonds. The molecule has 0 radical (unpaired) electrons. The smallest absolute Gasteiger partial charge is 0.277 e. The van der Waals surface area contributed by atoms with E-state index >= 15 is 0 Å². The van der Waals surface area contributed by atoms with Gasteiger partial charge in [0.05, 0.1) is 15.6 Å². The molecule has 3 aromatic rings. The highest BCUT2D eigenvalue weighted by molar-refractivity contribution is 9.10. The summed E-state index contributed by atoms with van der Waals surface area (Å²) in [6, 6.07) is 12.0. The van der Waals surface area contributed by atoms with Crippen molar-refractivity contribution >= 4 is 44.6 Å². The molecule has 0 bridgehead atoms. The van der Waals surface area contributed by atoms with Crippen LogP contribution in [0.25, 0.3) is 10.9 Å². The van der Waals surface area contributed by atoms with Crippen molar-refractivity contribution in [1.82, 2.24) is 9.99 Å². The van der Waals surface area contributed by atoms with Crippen LogP contribution in [0.15, 0.2) is 52.0 Å². The average molecular weight is 445 g/mol. The summed E-state index contributed by atoms with van der Waals surface area (Å²) < 4.78 is 7.83. The number of para-hydroxylation sites is 1. The van der Waals surface area contributed by atoms with Crippen molar-refractivity contribution in [3.63, 3.8) is 0 Å². The van der Waals surface area contributed by atoms with E-state index in [1.165, 1.54) is 18.2 Å². The van der Waals surface area contributed by atoms with Gasteiger partial charge >= 0.3 is 0 Å². The van der Waals surface area contributed by atoms with Crippen molar-refractivity contribution in [2.24, 2.45) is 12.1 Å². The number of halogens is 1. The molecule has 144 valence electrons. The van der Waals surface area contributed by atoms with Crippen LogP contribution >= 0.6 is 15.9 Å². The fourth-order valence-corrected chi connectivity index (χ4v) is 3.26. The van der Waals surface area contributed by atoms with Crippen LogP contribution in [0.3, 0.4) is 0 Å². The number of hydrogen-bond donors (Lipinski definition) is 1. The molecule has 1 heterocycles. The number of hydrazone groups is 1. The second kappa shape index (κ2) is 8.22. The van der Waals surface area contributed by atoms with E-state index in [1.54, 1.807) is 6.21 Å². The second-order valence-electron chi connectivity index (χ2n) is 6.03. The van der Waals surface area contributed by atoms with E-state index in [4.69, 9.17) is 4.74 Å². The van der Waals surface area contributed by atoms with Gasteiger partial charge in [-0.1, -0.05) is 18.2 Å². The number of rotatable bonds is 6. The lowest BCUT2D eigenvalue weighted by molar-refractivity contribution is -0.384. The number of benzene rings is 2. The molecule has 9 heteroatoms. The average Bonchev–Trinajstić information content (AvgIpc) is 2.92. The van der Waals surface area contributed by atoms with Crippen molar-refractivity contribution < 1.29 is 14.5 Å². The Hall–Kier alpha value is -3.20. The standard InChI is InChI=1S/C19H17BrN4O4/c1-12-15(14-5-3-4-6-17(14)23(12)2)10-21-22-19(25)11-28-18-8-7-13(24(26)27)9-16(18)20/h3-10H,11H2,1-2H3,(H,22,25)/b21-10-. The van der Waals surface area contributed by atoms with Crippen molar-refractivity contribution in [3.8, 4) is 5.75 Å². The zero-order valence-electron chi connectivity index (χ0n) is 15.2. The molecular weight excluding hydrogens is 428 g/mol. The Morgan fingerprint density at radius 3 is 2.82 bits per heavy atom. The summed E-state index contributed by atoms with van der Waals surface area (Å²) in [5.41, 5.74) is 5.40. The lowest BCUT2D eigenvalue weighted by Crippen LogP contribution is -2.24. The largest absolute Gasteiger partial charge is 0.483 e. The van der Waals surface area contributed by atoms with Crippen molar-refractivity contribution in [2.75, 3.05) is 6.61 Å². The second-order valence-corrected chi connectivity index (χ2v) is 6.88. The summed E-state index contributed by atoms with van der Waals surface area (Å²) >= 11 is 3.19. The number of ether oxygens (including phenoxy) is 1. The van der Waals surface area contributed by atoms with E-state index in [2.05, 4.69) is 31.0 Å². The first-order valence-electron chi connectivity index (χ1n) is 8.31. The van der Waals surface area contributed by atoms with E-state index in [-0.39, 0.29) is 12.3 Å². The third-order valence-corrected chi connectivity index (χ3v) is 4.94. The minimum absolute atomic E-state index is 0.0706. The molecule has 1 N–H and O–H groups in total. The van der Waals surface area contributed by atoms with Gasteiger partial charge in [-0.05, 0) is 35.0 Å². The molecule has 2 aromatic carbocycles. The first kappa shape index (κ1) is 19.6. The van der Waals surface area contributed by atoms with Crippen LogP contribution in [0.1, 0.15) is 11.3 Å². The molecule has 0 saturated heterocycles. The summed E-state index contributed by atoms with van der Waals surface area (Å²) in [7, 11) is 1.98. The number of nitrogens with one attached hydrogen (secondary N) is 1. The van der Waals surface area contributed by atoms with Crippen LogP contribution in [0.5, 0.6) is 5.75 Å². The van der Waals surface area contributed by atoms with Crippen LogP contribution < -0.4 is 10.2 Å². The van der Waals surface area contributed by atoms with E-state index < -0.39 is 10.8 Å². The number of nitrogens with zero attached hydrogens (tertiary/aromatic N) is 3. The van der Waals surface area contributed by atoms with Crippen LogP contribution in [0.4, 0.5) is 5.69 Å².